The van der Waals surface area contributed by atoms with Gasteiger partial charge in [0, 0.05) is 15.8 Å². The van der Waals surface area contributed by atoms with E-state index in [1.54, 1.807) is 12.1 Å². The van der Waals surface area contributed by atoms with Gasteiger partial charge >= 0.3 is 0 Å². The van der Waals surface area contributed by atoms with Crippen LogP contribution in [0.25, 0.3) is 0 Å². The summed E-state index contributed by atoms with van der Waals surface area (Å²) in [6.45, 7) is 0. The Morgan fingerprint density at radius 1 is 1.38 bits per heavy atom. The molecule has 1 aromatic heterocycles. The van der Waals surface area contributed by atoms with Crippen molar-refractivity contribution in [2.45, 2.75) is 10.9 Å². The number of rotatable bonds is 3. The summed E-state index contributed by atoms with van der Waals surface area (Å²) in [6, 6.07) is 5.35. The lowest BCUT2D eigenvalue weighted by Crippen LogP contribution is -1.86. The van der Waals surface area contributed by atoms with Crippen molar-refractivity contribution in [2.24, 2.45) is 0 Å². The number of hydrogen-bond donors (Lipinski definition) is 2. The second-order valence-corrected chi connectivity index (χ2v) is 4.81. The van der Waals surface area contributed by atoms with E-state index in [1.807, 2.05) is 6.07 Å². The van der Waals surface area contributed by atoms with Gasteiger partial charge in [-0.2, -0.15) is 4.98 Å². The number of hydrogen-bond acceptors (Lipinski definition) is 4. The van der Waals surface area contributed by atoms with Gasteiger partial charge in [-0.1, -0.05) is 35.0 Å². The van der Waals surface area contributed by atoms with Gasteiger partial charge in [0.1, 0.15) is 0 Å². The zero-order valence-corrected chi connectivity index (χ0v) is 10.4. The smallest absolute Gasteiger partial charge is 0.216 e. The van der Waals surface area contributed by atoms with Crippen molar-refractivity contribution in [3.05, 3.63) is 33.8 Å². The van der Waals surface area contributed by atoms with Crippen LogP contribution in [-0.4, -0.2) is 15.2 Å². The summed E-state index contributed by atoms with van der Waals surface area (Å²) in [4.78, 5) is 3.98. The number of nitrogens with one attached hydrogen (secondary N) is 1. The number of H-pyrrole nitrogens is 1. The number of benzene rings is 1. The average Bonchev–Trinajstić information content (AvgIpc) is 2.66. The first-order valence-corrected chi connectivity index (χ1v) is 6.14. The molecule has 0 spiro atoms. The summed E-state index contributed by atoms with van der Waals surface area (Å²) in [5.41, 5.74) is 6.36. The fraction of sp³-hybridized carbons (Fsp3) is 0.111. The maximum absolute atomic E-state index is 6.02. The maximum atomic E-state index is 6.02. The Morgan fingerprint density at radius 2 is 2.19 bits per heavy atom. The molecule has 0 unspecified atom stereocenters. The molecule has 0 aliphatic carbocycles. The van der Waals surface area contributed by atoms with Gasteiger partial charge in [-0.05, 0) is 23.8 Å². The molecule has 0 saturated carbocycles. The van der Waals surface area contributed by atoms with Gasteiger partial charge in [-0.3, -0.25) is 0 Å². The van der Waals surface area contributed by atoms with Crippen molar-refractivity contribution >= 4 is 40.9 Å². The lowest BCUT2D eigenvalue weighted by atomic mass is 10.2. The number of halogens is 2. The molecule has 7 heteroatoms. The van der Waals surface area contributed by atoms with Gasteiger partial charge in [-0.25, -0.2) is 5.10 Å². The van der Waals surface area contributed by atoms with E-state index in [4.69, 9.17) is 28.9 Å². The number of anilines is 1. The van der Waals surface area contributed by atoms with E-state index in [1.165, 1.54) is 11.8 Å². The predicted molar refractivity (Wildman–Crippen MR) is 66.8 cm³/mol. The van der Waals surface area contributed by atoms with Gasteiger partial charge in [0.05, 0.1) is 0 Å². The van der Waals surface area contributed by atoms with Crippen LogP contribution in [0.15, 0.2) is 23.4 Å². The topological polar surface area (TPSA) is 67.6 Å². The molecule has 3 N–H and O–H groups in total. The van der Waals surface area contributed by atoms with Crippen LogP contribution in [0, 0.1) is 0 Å². The van der Waals surface area contributed by atoms with Crippen LogP contribution in [0.1, 0.15) is 5.56 Å². The molecule has 0 atom stereocenters. The molecular formula is C9H8Cl2N4S. The number of thioether (sulfide) groups is 1. The zero-order valence-electron chi connectivity index (χ0n) is 8.08. The summed E-state index contributed by atoms with van der Waals surface area (Å²) in [7, 11) is 0. The molecule has 16 heavy (non-hydrogen) atoms. The fourth-order valence-corrected chi connectivity index (χ4v) is 2.37. The minimum absolute atomic E-state index is 0.305. The minimum atomic E-state index is 0.305. The van der Waals surface area contributed by atoms with E-state index in [0.717, 1.165) is 5.56 Å². The van der Waals surface area contributed by atoms with Crippen molar-refractivity contribution < 1.29 is 0 Å². The SMILES string of the molecule is Nc1nc(SCc2cc(Cl)ccc2Cl)n[nH]1. The Bertz CT molecular complexity index is 500. The number of nitrogens with zero attached hydrogens (tertiary/aromatic N) is 2. The third kappa shape index (κ3) is 2.81. The van der Waals surface area contributed by atoms with E-state index >= 15 is 0 Å². The maximum Gasteiger partial charge on any atom is 0.216 e. The van der Waals surface area contributed by atoms with E-state index in [2.05, 4.69) is 15.2 Å². The third-order valence-corrected chi connectivity index (χ3v) is 3.35. The van der Waals surface area contributed by atoms with Crippen molar-refractivity contribution in [1.29, 1.82) is 0 Å². The fourth-order valence-electron chi connectivity index (χ4n) is 1.12. The van der Waals surface area contributed by atoms with Crippen LogP contribution in [0.5, 0.6) is 0 Å². The van der Waals surface area contributed by atoms with Crippen LogP contribution in [-0.2, 0) is 5.75 Å². The summed E-state index contributed by atoms with van der Waals surface area (Å²) in [5.74, 6) is 0.955. The van der Waals surface area contributed by atoms with Crippen molar-refractivity contribution in [3.63, 3.8) is 0 Å². The molecule has 0 saturated heterocycles. The number of aromatic nitrogens is 3. The molecule has 0 radical (unpaired) electrons. The summed E-state index contributed by atoms with van der Waals surface area (Å²) in [5, 5.41) is 8.41. The molecule has 2 rings (SSSR count). The summed E-state index contributed by atoms with van der Waals surface area (Å²) >= 11 is 13.3. The highest BCUT2D eigenvalue weighted by Crippen LogP contribution is 2.27. The molecule has 0 amide bonds. The van der Waals surface area contributed by atoms with E-state index in [-0.39, 0.29) is 0 Å². The largest absolute Gasteiger partial charge is 0.368 e. The van der Waals surface area contributed by atoms with Crippen LogP contribution >= 0.6 is 35.0 Å². The first-order chi connectivity index (χ1) is 7.65. The molecule has 0 fully saturated rings. The van der Waals surface area contributed by atoms with E-state index in [9.17, 15) is 0 Å². The van der Waals surface area contributed by atoms with Gasteiger partial charge in [-0.15, -0.1) is 5.10 Å². The predicted octanol–water partition coefficient (Wildman–Crippen LogP) is 2.99. The second kappa shape index (κ2) is 4.95. The first kappa shape index (κ1) is 11.6. The molecule has 1 aromatic carbocycles. The first-order valence-electron chi connectivity index (χ1n) is 4.40. The van der Waals surface area contributed by atoms with Crippen LogP contribution < -0.4 is 5.73 Å². The highest BCUT2D eigenvalue weighted by atomic mass is 35.5. The highest BCUT2D eigenvalue weighted by molar-refractivity contribution is 7.98. The summed E-state index contributed by atoms with van der Waals surface area (Å²) < 4.78 is 0. The summed E-state index contributed by atoms with van der Waals surface area (Å²) in [6.07, 6.45) is 0. The molecule has 0 aliphatic heterocycles. The number of nitrogens with two attached hydrogens (primary N) is 1. The molecule has 84 valence electrons. The second-order valence-electron chi connectivity index (χ2n) is 3.03. The molecule has 4 nitrogen and oxygen atoms in total. The highest BCUT2D eigenvalue weighted by Gasteiger charge is 2.05. The molecule has 0 aliphatic rings. The molecule has 2 aromatic rings. The lowest BCUT2D eigenvalue weighted by molar-refractivity contribution is 0.973. The van der Waals surface area contributed by atoms with Gasteiger partial charge in [0.2, 0.25) is 11.1 Å². The number of nitrogen functional groups attached to an aromatic ring is 1. The average molecular weight is 275 g/mol. The van der Waals surface area contributed by atoms with Crippen LogP contribution in [0.2, 0.25) is 10.0 Å². The Balaban J connectivity index is 2.07. The monoisotopic (exact) mass is 274 g/mol. The van der Waals surface area contributed by atoms with Gasteiger partial charge in [0.15, 0.2) is 0 Å². The Hall–Kier alpha value is -0.910. The third-order valence-electron chi connectivity index (χ3n) is 1.85. The van der Waals surface area contributed by atoms with Crippen molar-refractivity contribution in [2.75, 3.05) is 5.73 Å². The molecule has 1 heterocycles. The lowest BCUT2D eigenvalue weighted by Gasteiger charge is -2.02. The molecular weight excluding hydrogens is 267 g/mol. The Labute approximate surface area is 107 Å². The van der Waals surface area contributed by atoms with Crippen molar-refractivity contribution in [3.8, 4) is 0 Å². The van der Waals surface area contributed by atoms with Gasteiger partial charge < -0.3 is 5.73 Å². The van der Waals surface area contributed by atoms with Gasteiger partial charge in [0.25, 0.3) is 0 Å². The normalized spacial score (nSPS) is 10.6. The van der Waals surface area contributed by atoms with E-state index < -0.39 is 0 Å². The Morgan fingerprint density at radius 3 is 2.88 bits per heavy atom. The van der Waals surface area contributed by atoms with Crippen LogP contribution in [0.3, 0.4) is 0 Å². The van der Waals surface area contributed by atoms with Crippen LogP contribution in [0.4, 0.5) is 5.95 Å². The standard InChI is InChI=1S/C9H8Cl2N4S/c10-6-1-2-7(11)5(3-6)4-16-9-13-8(12)14-15-9/h1-3H,4H2,(H3,12,13,14,15). The number of aromatic amines is 1. The Kier molecular flexibility index (Phi) is 3.58. The zero-order chi connectivity index (χ0) is 11.5. The quantitative estimate of drug-likeness (QED) is 0.845. The minimum Gasteiger partial charge on any atom is -0.368 e. The van der Waals surface area contributed by atoms with E-state index in [0.29, 0.717) is 26.9 Å². The molecule has 0 bridgehead atoms. The van der Waals surface area contributed by atoms with Crippen molar-refractivity contribution in [1.82, 2.24) is 15.2 Å².